The molecule has 12 heteroatoms. The summed E-state index contributed by atoms with van der Waals surface area (Å²) in [5.41, 5.74) is 0.166. The predicted octanol–water partition coefficient (Wildman–Crippen LogP) is 4.62. The zero-order chi connectivity index (χ0) is 23.6. The molecule has 1 fully saturated rings. The van der Waals surface area contributed by atoms with Crippen LogP contribution in [-0.2, 0) is 14.8 Å². The fourth-order valence-corrected chi connectivity index (χ4v) is 5.78. The van der Waals surface area contributed by atoms with Gasteiger partial charge in [0, 0.05) is 30.1 Å². The van der Waals surface area contributed by atoms with E-state index in [0.717, 1.165) is 36.3 Å². The lowest BCUT2D eigenvalue weighted by Crippen LogP contribution is -2.29. The second-order valence-electron chi connectivity index (χ2n) is 7.22. The molecule has 1 amide bonds. The van der Waals surface area contributed by atoms with Crippen molar-refractivity contribution in [3.8, 4) is 5.75 Å². The summed E-state index contributed by atoms with van der Waals surface area (Å²) in [5.74, 6) is -2.93. The molecule has 3 aromatic rings. The topological polar surface area (TPSA) is 88.6 Å². The van der Waals surface area contributed by atoms with E-state index in [1.807, 2.05) is 0 Å². The minimum Gasteiger partial charge on any atom is -0.473 e. The van der Waals surface area contributed by atoms with Gasteiger partial charge in [0.2, 0.25) is 16.1 Å². The van der Waals surface area contributed by atoms with Gasteiger partial charge in [-0.15, -0.1) is 11.3 Å². The molecule has 1 saturated heterocycles. The van der Waals surface area contributed by atoms with Crippen molar-refractivity contribution in [2.45, 2.75) is 23.8 Å². The van der Waals surface area contributed by atoms with Crippen molar-refractivity contribution in [2.24, 2.45) is 0 Å². The number of nitrogens with zero attached hydrogens (tertiary/aromatic N) is 2. The van der Waals surface area contributed by atoms with Crippen LogP contribution in [0.15, 0.2) is 52.7 Å². The lowest BCUT2D eigenvalue weighted by molar-refractivity contribution is -0.123. The van der Waals surface area contributed by atoms with Crippen LogP contribution < -0.4 is 10.1 Å². The van der Waals surface area contributed by atoms with Crippen molar-refractivity contribution in [1.82, 2.24) is 9.29 Å². The van der Waals surface area contributed by atoms with Crippen molar-refractivity contribution >= 4 is 44.0 Å². The van der Waals surface area contributed by atoms with Gasteiger partial charge >= 0.3 is 0 Å². The summed E-state index contributed by atoms with van der Waals surface area (Å²) < 4.78 is 60.5. The van der Waals surface area contributed by atoms with E-state index in [9.17, 15) is 22.0 Å². The molecule has 1 N–H and O–H groups in total. The number of hydrogen-bond donors (Lipinski definition) is 1. The first kappa shape index (κ1) is 23.6. The summed E-state index contributed by atoms with van der Waals surface area (Å²) >= 11 is 6.87. The molecule has 2 heterocycles. The average Bonchev–Trinajstić information content (AvgIpc) is 3.46. The van der Waals surface area contributed by atoms with E-state index in [4.69, 9.17) is 16.3 Å². The molecule has 2 aromatic carbocycles. The number of amides is 1. The molecule has 174 valence electrons. The minimum absolute atomic E-state index is 0.0137. The normalized spacial score (nSPS) is 15.4. The van der Waals surface area contributed by atoms with Crippen LogP contribution in [-0.4, -0.2) is 36.7 Å². The number of carbonyl (C=O) groups is 1. The molecule has 33 heavy (non-hydrogen) atoms. The number of aromatic nitrogens is 1. The molecule has 0 aliphatic carbocycles. The number of halogens is 3. The number of hydrogen-bond acceptors (Lipinski definition) is 6. The van der Waals surface area contributed by atoms with E-state index in [0.29, 0.717) is 19.2 Å². The Morgan fingerprint density at radius 3 is 2.61 bits per heavy atom. The summed E-state index contributed by atoms with van der Waals surface area (Å²) in [6, 6.07) is 8.36. The van der Waals surface area contributed by atoms with E-state index in [2.05, 4.69) is 10.3 Å². The van der Waals surface area contributed by atoms with Gasteiger partial charge in [-0.2, -0.15) is 4.31 Å². The highest BCUT2D eigenvalue weighted by Crippen LogP contribution is 2.30. The molecule has 1 aliphatic heterocycles. The highest BCUT2D eigenvalue weighted by Gasteiger charge is 2.30. The van der Waals surface area contributed by atoms with Crippen LogP contribution in [0.5, 0.6) is 5.75 Å². The molecule has 1 unspecified atom stereocenters. The van der Waals surface area contributed by atoms with Crippen LogP contribution >= 0.6 is 22.9 Å². The summed E-state index contributed by atoms with van der Waals surface area (Å²) in [7, 11) is -3.77. The maximum Gasteiger partial charge on any atom is 0.271 e. The highest BCUT2D eigenvalue weighted by atomic mass is 35.5. The van der Waals surface area contributed by atoms with Gasteiger partial charge in [-0.3, -0.25) is 10.1 Å². The van der Waals surface area contributed by atoms with Gasteiger partial charge in [-0.1, -0.05) is 23.7 Å². The van der Waals surface area contributed by atoms with Gasteiger partial charge in [0.1, 0.15) is 11.0 Å². The number of benzene rings is 2. The van der Waals surface area contributed by atoms with Gasteiger partial charge in [0.25, 0.3) is 5.91 Å². The second-order valence-corrected chi connectivity index (χ2v) is 10.4. The van der Waals surface area contributed by atoms with Crippen molar-refractivity contribution in [2.75, 3.05) is 18.4 Å². The Morgan fingerprint density at radius 1 is 1.18 bits per heavy atom. The van der Waals surface area contributed by atoms with E-state index >= 15 is 0 Å². The van der Waals surface area contributed by atoms with Gasteiger partial charge in [-0.05, 0) is 37.1 Å². The quantitative estimate of drug-likeness (QED) is 0.498. The lowest BCUT2D eigenvalue weighted by Gasteiger charge is -2.21. The fourth-order valence-electron chi connectivity index (χ4n) is 3.37. The largest absolute Gasteiger partial charge is 0.473 e. The molecule has 7 nitrogen and oxygen atoms in total. The Hall–Kier alpha value is -2.60. The van der Waals surface area contributed by atoms with Crippen molar-refractivity contribution in [1.29, 1.82) is 0 Å². The zero-order valence-corrected chi connectivity index (χ0v) is 19.4. The van der Waals surface area contributed by atoms with Crippen LogP contribution in [0.4, 0.5) is 13.9 Å². The fraction of sp³-hybridized carbons (Fsp3) is 0.238. The Labute approximate surface area is 198 Å². The first-order valence-corrected chi connectivity index (χ1v) is 12.6. The molecule has 0 spiro atoms. The number of carbonyl (C=O) groups excluding carboxylic acids is 1. The standard InChI is InChI=1S/C21H18ClF2N3O4S2/c22-18-12-32-21(25-18)26-20(28)19(31-17-7-6-14(23)11-16(17)24)13-4-3-5-15(10-13)33(29,30)27-8-1-2-9-27/h3-7,10-12,19H,1-2,8-9H2,(H,25,26,28). The molecule has 1 atom stereocenters. The van der Waals surface area contributed by atoms with E-state index in [1.165, 1.54) is 34.0 Å². The third-order valence-electron chi connectivity index (χ3n) is 4.95. The number of nitrogens with one attached hydrogen (secondary N) is 1. The monoisotopic (exact) mass is 513 g/mol. The Bertz CT molecular complexity index is 1280. The van der Waals surface area contributed by atoms with Crippen molar-refractivity contribution in [3.63, 3.8) is 0 Å². The van der Waals surface area contributed by atoms with Crippen molar-refractivity contribution in [3.05, 3.63) is 70.2 Å². The van der Waals surface area contributed by atoms with E-state index < -0.39 is 33.7 Å². The van der Waals surface area contributed by atoms with Crippen LogP contribution in [0.2, 0.25) is 5.15 Å². The summed E-state index contributed by atoms with van der Waals surface area (Å²) in [6.45, 7) is 0.831. The number of anilines is 1. The van der Waals surface area contributed by atoms with Crippen LogP contribution in [0.1, 0.15) is 24.5 Å². The first-order chi connectivity index (χ1) is 15.7. The van der Waals surface area contributed by atoms with Gasteiger partial charge < -0.3 is 4.74 Å². The summed E-state index contributed by atoms with van der Waals surface area (Å²) in [5, 5.41) is 4.39. The predicted molar refractivity (Wildman–Crippen MR) is 120 cm³/mol. The molecular weight excluding hydrogens is 496 g/mol. The smallest absolute Gasteiger partial charge is 0.271 e. The Morgan fingerprint density at radius 2 is 1.94 bits per heavy atom. The Kier molecular flexibility index (Phi) is 6.94. The molecule has 1 aliphatic rings. The van der Waals surface area contributed by atoms with E-state index in [1.54, 1.807) is 0 Å². The average molecular weight is 514 g/mol. The zero-order valence-electron chi connectivity index (χ0n) is 17.0. The molecular formula is C21H18ClF2N3O4S2. The molecule has 0 saturated carbocycles. The van der Waals surface area contributed by atoms with Gasteiger partial charge in [-0.25, -0.2) is 22.2 Å². The summed E-state index contributed by atoms with van der Waals surface area (Å²) in [4.78, 5) is 17.0. The third-order valence-corrected chi connectivity index (χ3v) is 7.92. The van der Waals surface area contributed by atoms with Crippen LogP contribution in [0, 0.1) is 11.6 Å². The molecule has 1 aromatic heterocycles. The molecule has 4 rings (SSSR count). The van der Waals surface area contributed by atoms with Gasteiger partial charge in [0.15, 0.2) is 16.7 Å². The van der Waals surface area contributed by atoms with E-state index in [-0.39, 0.29) is 26.5 Å². The number of rotatable bonds is 7. The second kappa shape index (κ2) is 9.72. The van der Waals surface area contributed by atoms with Crippen molar-refractivity contribution < 1.29 is 26.7 Å². The third kappa shape index (κ3) is 5.32. The number of ether oxygens (including phenoxy) is 1. The minimum atomic E-state index is -3.77. The molecule has 0 radical (unpaired) electrons. The maximum absolute atomic E-state index is 14.3. The maximum atomic E-state index is 14.3. The first-order valence-electron chi connectivity index (χ1n) is 9.88. The summed E-state index contributed by atoms with van der Waals surface area (Å²) in [6.07, 6.45) is 0.0852. The van der Waals surface area contributed by atoms with Crippen LogP contribution in [0.25, 0.3) is 0 Å². The SMILES string of the molecule is O=C(Nc1nc(Cl)cs1)C(Oc1ccc(F)cc1F)c1cccc(S(=O)(=O)N2CCCC2)c1. The number of sulfonamides is 1. The van der Waals surface area contributed by atoms with Crippen LogP contribution in [0.3, 0.4) is 0 Å². The Balaban J connectivity index is 1.69. The highest BCUT2D eigenvalue weighted by molar-refractivity contribution is 7.89. The molecule has 0 bridgehead atoms. The lowest BCUT2D eigenvalue weighted by atomic mass is 10.1. The number of thiazole rings is 1. The van der Waals surface area contributed by atoms with Gasteiger partial charge in [0.05, 0.1) is 4.90 Å².